The second-order valence-electron chi connectivity index (χ2n) is 8.13. The van der Waals surface area contributed by atoms with Gasteiger partial charge in [-0.1, -0.05) is 48.0 Å². The van der Waals surface area contributed by atoms with Crippen molar-refractivity contribution in [3.8, 4) is 21.9 Å². The Morgan fingerprint density at radius 3 is 2.56 bits per heavy atom. The molecule has 0 unspecified atom stereocenters. The Kier molecular flexibility index (Phi) is 5.57. The first-order valence-corrected chi connectivity index (χ1v) is 11.8. The summed E-state index contributed by atoms with van der Waals surface area (Å²) in [6, 6.07) is 17.8. The van der Waals surface area contributed by atoms with E-state index in [9.17, 15) is 4.79 Å². The summed E-state index contributed by atoms with van der Waals surface area (Å²) in [5.74, 6) is 0.716. The molecule has 0 radical (unpaired) electrons. The summed E-state index contributed by atoms with van der Waals surface area (Å²) in [7, 11) is 0. The molecular formula is C25H22ClN3O2S. The SMILES string of the molecule is CC(C)N(Cc1nnc(-c2ccccc2Cl)o1)C(=O)c1cc2c(s1)-c1ccccc1CC2. The summed E-state index contributed by atoms with van der Waals surface area (Å²) < 4.78 is 5.85. The Bertz CT molecular complexity index is 1290. The number of aryl methyl sites for hydroxylation is 2. The normalized spacial score (nSPS) is 12.5. The highest BCUT2D eigenvalue weighted by atomic mass is 35.5. The molecule has 7 heteroatoms. The van der Waals surface area contributed by atoms with Crippen LogP contribution in [0, 0.1) is 0 Å². The number of nitrogens with zero attached hydrogens (tertiary/aromatic N) is 3. The molecule has 2 aromatic carbocycles. The van der Waals surface area contributed by atoms with Gasteiger partial charge in [-0.25, -0.2) is 0 Å². The minimum absolute atomic E-state index is 0.0191. The Morgan fingerprint density at radius 2 is 1.78 bits per heavy atom. The summed E-state index contributed by atoms with van der Waals surface area (Å²) in [6.45, 7) is 4.23. The molecule has 1 aliphatic rings. The summed E-state index contributed by atoms with van der Waals surface area (Å²) in [5.41, 5.74) is 4.52. The van der Waals surface area contributed by atoms with E-state index in [1.54, 1.807) is 22.3 Å². The number of carbonyl (C=O) groups excluding carboxylic acids is 1. The number of hydrogen-bond acceptors (Lipinski definition) is 5. The highest BCUT2D eigenvalue weighted by molar-refractivity contribution is 7.17. The van der Waals surface area contributed by atoms with Gasteiger partial charge in [0.2, 0.25) is 11.8 Å². The molecule has 1 amide bonds. The van der Waals surface area contributed by atoms with Gasteiger partial charge in [0, 0.05) is 10.9 Å². The van der Waals surface area contributed by atoms with E-state index in [2.05, 4.69) is 40.5 Å². The molecule has 32 heavy (non-hydrogen) atoms. The first-order chi connectivity index (χ1) is 15.5. The molecule has 0 atom stereocenters. The van der Waals surface area contributed by atoms with Crippen LogP contribution in [0.4, 0.5) is 0 Å². The quantitative estimate of drug-likeness (QED) is 0.350. The smallest absolute Gasteiger partial charge is 0.264 e. The van der Waals surface area contributed by atoms with Crippen molar-refractivity contribution < 1.29 is 9.21 Å². The number of rotatable bonds is 5. The van der Waals surface area contributed by atoms with Crippen molar-refractivity contribution in [1.29, 1.82) is 0 Å². The lowest BCUT2D eigenvalue weighted by Crippen LogP contribution is -2.36. The third-order valence-corrected chi connectivity index (χ3v) is 7.23. The average molecular weight is 464 g/mol. The number of thiophene rings is 1. The number of benzene rings is 2. The van der Waals surface area contributed by atoms with Crippen molar-refractivity contribution >= 4 is 28.8 Å². The number of amides is 1. The molecular weight excluding hydrogens is 442 g/mol. The van der Waals surface area contributed by atoms with Crippen LogP contribution >= 0.6 is 22.9 Å². The fourth-order valence-electron chi connectivity index (χ4n) is 4.01. The van der Waals surface area contributed by atoms with Gasteiger partial charge in [-0.2, -0.15) is 0 Å². The molecule has 4 aromatic rings. The van der Waals surface area contributed by atoms with Crippen molar-refractivity contribution in [2.75, 3.05) is 0 Å². The molecule has 0 saturated carbocycles. The van der Waals surface area contributed by atoms with Crippen LogP contribution in [-0.2, 0) is 19.4 Å². The number of fused-ring (bicyclic) bond motifs is 3. The highest BCUT2D eigenvalue weighted by Crippen LogP contribution is 2.40. The van der Waals surface area contributed by atoms with Gasteiger partial charge in [-0.3, -0.25) is 4.79 Å². The number of aromatic nitrogens is 2. The average Bonchev–Trinajstić information content (AvgIpc) is 3.44. The van der Waals surface area contributed by atoms with Gasteiger partial charge in [-0.15, -0.1) is 21.5 Å². The van der Waals surface area contributed by atoms with Crippen LogP contribution in [0.3, 0.4) is 0 Å². The summed E-state index contributed by atoms with van der Waals surface area (Å²) in [5, 5.41) is 8.84. The van der Waals surface area contributed by atoms with E-state index >= 15 is 0 Å². The van der Waals surface area contributed by atoms with Crippen LogP contribution in [0.1, 0.15) is 40.5 Å². The molecule has 1 aliphatic carbocycles. The minimum atomic E-state index is -0.0235. The number of hydrogen-bond donors (Lipinski definition) is 0. The van der Waals surface area contributed by atoms with E-state index in [0.717, 1.165) is 17.7 Å². The third kappa shape index (κ3) is 3.85. The maximum atomic E-state index is 13.5. The standard InChI is InChI=1S/C25H22ClN3O2S/c1-15(2)29(14-22-27-28-24(31-22)19-9-5-6-10-20(19)26)25(30)21-13-17-12-11-16-7-3-4-8-18(16)23(17)32-21/h3-10,13,15H,11-12,14H2,1-2H3. The number of halogens is 1. The zero-order valence-corrected chi connectivity index (χ0v) is 19.4. The molecule has 5 rings (SSSR count). The molecule has 0 saturated heterocycles. The monoisotopic (exact) mass is 463 g/mol. The van der Waals surface area contributed by atoms with Crippen molar-refractivity contribution in [3.63, 3.8) is 0 Å². The van der Waals surface area contributed by atoms with Crippen LogP contribution < -0.4 is 0 Å². The lowest BCUT2D eigenvalue weighted by atomic mass is 9.91. The van der Waals surface area contributed by atoms with Crippen LogP contribution in [0.15, 0.2) is 59.0 Å². The van der Waals surface area contributed by atoms with Crippen molar-refractivity contribution in [1.82, 2.24) is 15.1 Å². The lowest BCUT2D eigenvalue weighted by molar-refractivity contribution is 0.0677. The van der Waals surface area contributed by atoms with Crippen LogP contribution in [0.2, 0.25) is 5.02 Å². The molecule has 2 heterocycles. The maximum Gasteiger partial charge on any atom is 0.264 e. The first kappa shape index (κ1) is 20.9. The van der Waals surface area contributed by atoms with Crippen LogP contribution in [0.5, 0.6) is 0 Å². The molecule has 0 fully saturated rings. The Balaban J connectivity index is 1.41. The molecule has 0 bridgehead atoms. The van der Waals surface area contributed by atoms with Gasteiger partial charge < -0.3 is 9.32 Å². The summed E-state index contributed by atoms with van der Waals surface area (Å²) >= 11 is 7.82. The Morgan fingerprint density at radius 1 is 1.06 bits per heavy atom. The van der Waals surface area contributed by atoms with Gasteiger partial charge in [-0.05, 0) is 61.6 Å². The van der Waals surface area contributed by atoms with E-state index in [1.807, 2.05) is 32.0 Å². The molecule has 2 aromatic heterocycles. The highest BCUT2D eigenvalue weighted by Gasteiger charge is 2.27. The fraction of sp³-hybridized carbons (Fsp3) is 0.240. The molecule has 5 nitrogen and oxygen atoms in total. The first-order valence-electron chi connectivity index (χ1n) is 10.6. The second-order valence-corrected chi connectivity index (χ2v) is 9.59. The topological polar surface area (TPSA) is 59.2 Å². The molecule has 162 valence electrons. The van der Waals surface area contributed by atoms with E-state index in [4.69, 9.17) is 16.0 Å². The fourth-order valence-corrected chi connectivity index (χ4v) is 5.46. The lowest BCUT2D eigenvalue weighted by Gasteiger charge is -2.24. The predicted octanol–water partition coefficient (Wildman–Crippen LogP) is 6.27. The van der Waals surface area contributed by atoms with Gasteiger partial charge in [0.15, 0.2) is 0 Å². The van der Waals surface area contributed by atoms with E-state index in [0.29, 0.717) is 22.4 Å². The summed E-state index contributed by atoms with van der Waals surface area (Å²) in [4.78, 5) is 17.2. The van der Waals surface area contributed by atoms with Crippen molar-refractivity contribution in [2.24, 2.45) is 0 Å². The molecule has 0 spiro atoms. The minimum Gasteiger partial charge on any atom is -0.419 e. The molecule has 0 N–H and O–H groups in total. The Hall–Kier alpha value is -2.96. The third-order valence-electron chi connectivity index (χ3n) is 5.71. The van der Waals surface area contributed by atoms with Gasteiger partial charge >= 0.3 is 0 Å². The number of carbonyl (C=O) groups is 1. The van der Waals surface area contributed by atoms with E-state index < -0.39 is 0 Å². The largest absolute Gasteiger partial charge is 0.419 e. The van der Waals surface area contributed by atoms with Gasteiger partial charge in [0.05, 0.1) is 22.0 Å². The van der Waals surface area contributed by atoms with Gasteiger partial charge in [0.1, 0.15) is 0 Å². The second kappa shape index (κ2) is 8.52. The van der Waals surface area contributed by atoms with Gasteiger partial charge in [0.25, 0.3) is 5.91 Å². The summed E-state index contributed by atoms with van der Waals surface area (Å²) in [6.07, 6.45) is 1.97. The zero-order chi connectivity index (χ0) is 22.2. The van der Waals surface area contributed by atoms with E-state index in [1.165, 1.54) is 21.6 Å². The van der Waals surface area contributed by atoms with Crippen molar-refractivity contribution in [2.45, 2.75) is 39.3 Å². The zero-order valence-electron chi connectivity index (χ0n) is 17.8. The van der Waals surface area contributed by atoms with E-state index in [-0.39, 0.29) is 18.5 Å². The maximum absolute atomic E-state index is 13.5. The Labute approximate surface area is 195 Å². The van der Waals surface area contributed by atoms with Crippen LogP contribution in [-0.4, -0.2) is 27.0 Å². The predicted molar refractivity (Wildman–Crippen MR) is 127 cm³/mol. The van der Waals surface area contributed by atoms with Crippen LogP contribution in [0.25, 0.3) is 21.9 Å². The van der Waals surface area contributed by atoms with Crippen molar-refractivity contribution in [3.05, 3.63) is 81.5 Å². The molecule has 0 aliphatic heterocycles.